The summed E-state index contributed by atoms with van der Waals surface area (Å²) < 4.78 is 0. The predicted molar refractivity (Wildman–Crippen MR) is 104 cm³/mol. The number of nitrogens with one attached hydrogen (secondary N) is 1. The second-order valence-corrected chi connectivity index (χ2v) is 7.51. The van der Waals surface area contributed by atoms with Gasteiger partial charge in [0.2, 0.25) is 11.8 Å². The molecule has 142 valence electrons. The summed E-state index contributed by atoms with van der Waals surface area (Å²) in [5, 5.41) is 3.06. The second kappa shape index (κ2) is 9.06. The van der Waals surface area contributed by atoms with Crippen molar-refractivity contribution in [3.8, 4) is 0 Å². The van der Waals surface area contributed by atoms with Gasteiger partial charge in [0, 0.05) is 44.8 Å². The molecule has 1 aromatic rings. The fraction of sp³-hybridized carbons (Fsp3) is 0.619. The average molecular weight is 357 g/mol. The molecule has 2 aliphatic heterocycles. The Bertz CT molecular complexity index is 608. The van der Waals surface area contributed by atoms with Gasteiger partial charge in [-0.2, -0.15) is 0 Å². The van der Waals surface area contributed by atoms with Crippen molar-refractivity contribution < 1.29 is 9.59 Å². The minimum Gasteiger partial charge on any atom is -0.372 e. The molecule has 0 spiro atoms. The number of piperidine rings is 1. The van der Waals surface area contributed by atoms with Crippen molar-refractivity contribution in [2.45, 2.75) is 52.0 Å². The normalized spacial score (nSPS) is 20.3. The van der Waals surface area contributed by atoms with E-state index in [1.165, 1.54) is 18.5 Å². The molecule has 2 fully saturated rings. The molecule has 1 atom stereocenters. The van der Waals surface area contributed by atoms with Gasteiger partial charge >= 0.3 is 0 Å². The number of likely N-dealkylation sites (tertiary alicyclic amines) is 1. The van der Waals surface area contributed by atoms with Gasteiger partial charge in [0.25, 0.3) is 0 Å². The molecule has 5 heteroatoms. The molecule has 0 radical (unpaired) electrons. The van der Waals surface area contributed by atoms with Gasteiger partial charge < -0.3 is 15.1 Å². The van der Waals surface area contributed by atoms with E-state index in [0.717, 1.165) is 44.5 Å². The highest BCUT2D eigenvalue weighted by Gasteiger charge is 2.27. The number of carbonyl (C=O) groups is 2. The minimum atomic E-state index is -0.0755. The number of hydrogen-bond donors (Lipinski definition) is 1. The van der Waals surface area contributed by atoms with E-state index in [1.807, 2.05) is 11.8 Å². The lowest BCUT2D eigenvalue weighted by Crippen LogP contribution is -2.45. The summed E-state index contributed by atoms with van der Waals surface area (Å²) >= 11 is 0. The van der Waals surface area contributed by atoms with Crippen LogP contribution in [-0.4, -0.2) is 42.9 Å². The summed E-state index contributed by atoms with van der Waals surface area (Å²) in [6, 6.07) is 8.51. The molecular formula is C21H31N3O2. The van der Waals surface area contributed by atoms with E-state index in [4.69, 9.17) is 0 Å². The molecule has 0 saturated carbocycles. The zero-order valence-corrected chi connectivity index (χ0v) is 15.9. The summed E-state index contributed by atoms with van der Waals surface area (Å²) in [6.07, 6.45) is 5.78. The molecule has 1 unspecified atom stereocenters. The van der Waals surface area contributed by atoms with E-state index in [2.05, 4.69) is 34.5 Å². The Morgan fingerprint density at radius 1 is 1.08 bits per heavy atom. The molecule has 26 heavy (non-hydrogen) atoms. The second-order valence-electron chi connectivity index (χ2n) is 7.51. The zero-order chi connectivity index (χ0) is 18.4. The molecule has 2 aliphatic rings. The predicted octanol–water partition coefficient (Wildman–Crippen LogP) is 2.94. The van der Waals surface area contributed by atoms with E-state index in [1.54, 1.807) is 0 Å². The highest BCUT2D eigenvalue weighted by atomic mass is 16.2. The fourth-order valence-corrected chi connectivity index (χ4v) is 3.92. The van der Waals surface area contributed by atoms with Gasteiger partial charge in [-0.3, -0.25) is 9.59 Å². The summed E-state index contributed by atoms with van der Waals surface area (Å²) in [5.41, 5.74) is 2.39. The van der Waals surface area contributed by atoms with Gasteiger partial charge in [0.05, 0.1) is 5.92 Å². The highest BCUT2D eigenvalue weighted by molar-refractivity contribution is 5.81. The lowest BCUT2D eigenvalue weighted by atomic mass is 9.96. The summed E-state index contributed by atoms with van der Waals surface area (Å²) in [4.78, 5) is 28.9. The number of nitrogens with zero attached hydrogens (tertiary/aromatic N) is 2. The Morgan fingerprint density at radius 2 is 1.81 bits per heavy atom. The Hall–Kier alpha value is -2.04. The number of hydrogen-bond acceptors (Lipinski definition) is 3. The fourth-order valence-electron chi connectivity index (χ4n) is 3.92. The number of benzene rings is 1. The van der Waals surface area contributed by atoms with Crippen LogP contribution in [0.5, 0.6) is 0 Å². The van der Waals surface area contributed by atoms with Crippen molar-refractivity contribution in [3.05, 3.63) is 29.8 Å². The Morgan fingerprint density at radius 3 is 2.50 bits per heavy atom. The Labute approximate surface area is 156 Å². The van der Waals surface area contributed by atoms with Gasteiger partial charge in [-0.05, 0) is 49.8 Å². The standard InChI is InChI=1S/C21H31N3O2/c1-2-6-20(25)24-14-5-7-18(16-24)21(26)22-15-17-8-10-19(11-9-17)23-12-3-4-13-23/h8-11,18H,2-7,12-16H2,1H3,(H,22,26). The van der Waals surface area contributed by atoms with Crippen LogP contribution in [0.4, 0.5) is 5.69 Å². The van der Waals surface area contributed by atoms with E-state index < -0.39 is 0 Å². The third kappa shape index (κ3) is 4.77. The smallest absolute Gasteiger partial charge is 0.225 e. The molecule has 1 N–H and O–H groups in total. The van der Waals surface area contributed by atoms with Crippen LogP contribution < -0.4 is 10.2 Å². The van der Waals surface area contributed by atoms with Crippen LogP contribution in [0.2, 0.25) is 0 Å². The molecule has 2 amide bonds. The van der Waals surface area contributed by atoms with Crippen molar-refractivity contribution in [2.75, 3.05) is 31.1 Å². The highest BCUT2D eigenvalue weighted by Crippen LogP contribution is 2.21. The van der Waals surface area contributed by atoms with Gasteiger partial charge in [-0.15, -0.1) is 0 Å². The van der Waals surface area contributed by atoms with Crippen LogP contribution in [0.25, 0.3) is 0 Å². The van der Waals surface area contributed by atoms with E-state index >= 15 is 0 Å². The molecule has 0 aromatic heterocycles. The van der Waals surface area contributed by atoms with E-state index in [0.29, 0.717) is 19.5 Å². The quantitative estimate of drug-likeness (QED) is 0.852. The van der Waals surface area contributed by atoms with Crippen LogP contribution in [-0.2, 0) is 16.1 Å². The first-order valence-corrected chi connectivity index (χ1v) is 10.1. The molecule has 0 bridgehead atoms. The van der Waals surface area contributed by atoms with E-state index in [-0.39, 0.29) is 17.7 Å². The molecule has 5 nitrogen and oxygen atoms in total. The maximum absolute atomic E-state index is 12.5. The third-order valence-electron chi connectivity index (χ3n) is 5.48. The lowest BCUT2D eigenvalue weighted by molar-refractivity contribution is -0.135. The Kier molecular flexibility index (Phi) is 6.53. The molecule has 3 rings (SSSR count). The third-order valence-corrected chi connectivity index (χ3v) is 5.48. The van der Waals surface area contributed by atoms with Crippen molar-refractivity contribution in [3.63, 3.8) is 0 Å². The van der Waals surface area contributed by atoms with Crippen molar-refractivity contribution in [1.82, 2.24) is 10.2 Å². The SMILES string of the molecule is CCCC(=O)N1CCCC(C(=O)NCc2ccc(N3CCCC3)cc2)C1. The first kappa shape index (κ1) is 18.7. The van der Waals surface area contributed by atoms with Gasteiger partial charge in [0.15, 0.2) is 0 Å². The van der Waals surface area contributed by atoms with Crippen LogP contribution in [0.1, 0.15) is 51.0 Å². The number of rotatable bonds is 6. The van der Waals surface area contributed by atoms with Gasteiger partial charge in [0.1, 0.15) is 0 Å². The van der Waals surface area contributed by atoms with Crippen molar-refractivity contribution >= 4 is 17.5 Å². The summed E-state index contributed by atoms with van der Waals surface area (Å²) in [7, 11) is 0. The van der Waals surface area contributed by atoms with Gasteiger partial charge in [-0.1, -0.05) is 19.1 Å². The van der Waals surface area contributed by atoms with Crippen molar-refractivity contribution in [2.24, 2.45) is 5.92 Å². The lowest BCUT2D eigenvalue weighted by Gasteiger charge is -2.32. The number of anilines is 1. The van der Waals surface area contributed by atoms with Gasteiger partial charge in [-0.25, -0.2) is 0 Å². The first-order chi connectivity index (χ1) is 12.7. The molecule has 2 heterocycles. The Balaban J connectivity index is 1.47. The van der Waals surface area contributed by atoms with Crippen molar-refractivity contribution in [1.29, 1.82) is 0 Å². The molecule has 1 aromatic carbocycles. The van der Waals surface area contributed by atoms with Crippen LogP contribution in [0, 0.1) is 5.92 Å². The minimum absolute atomic E-state index is 0.0719. The largest absolute Gasteiger partial charge is 0.372 e. The number of amides is 2. The average Bonchev–Trinajstić information content (AvgIpc) is 3.21. The summed E-state index contributed by atoms with van der Waals surface area (Å²) in [6.45, 7) is 6.22. The van der Waals surface area contributed by atoms with Crippen LogP contribution >= 0.6 is 0 Å². The molecule has 0 aliphatic carbocycles. The molecule has 2 saturated heterocycles. The van der Waals surface area contributed by atoms with Crippen LogP contribution in [0.15, 0.2) is 24.3 Å². The molecular weight excluding hydrogens is 326 g/mol. The number of carbonyl (C=O) groups excluding carboxylic acids is 2. The zero-order valence-electron chi connectivity index (χ0n) is 15.9. The van der Waals surface area contributed by atoms with Crippen LogP contribution in [0.3, 0.4) is 0 Å². The summed E-state index contributed by atoms with van der Waals surface area (Å²) in [5.74, 6) is 0.179. The maximum Gasteiger partial charge on any atom is 0.225 e. The topological polar surface area (TPSA) is 52.7 Å². The first-order valence-electron chi connectivity index (χ1n) is 10.1. The monoisotopic (exact) mass is 357 g/mol. The van der Waals surface area contributed by atoms with E-state index in [9.17, 15) is 9.59 Å². The maximum atomic E-state index is 12.5.